The number of hydrogen-bond donors (Lipinski definition) is 1. The first-order valence-electron chi connectivity index (χ1n) is 10.1. The topological polar surface area (TPSA) is 55.1 Å². The van der Waals surface area contributed by atoms with Gasteiger partial charge in [-0.15, -0.1) is 0 Å². The second-order valence-corrected chi connectivity index (χ2v) is 7.92. The molecular formula is C25H23ClN2O2. The van der Waals surface area contributed by atoms with Crippen molar-refractivity contribution < 1.29 is 9.21 Å². The SMILES string of the molecule is CC[C@H](C)c1ccc2oc(-c3cccc(NC(=O)Cc4ccc(Cl)cc4)c3)nc2c1. The molecule has 1 heterocycles. The van der Waals surface area contributed by atoms with Gasteiger partial charge in [0.05, 0.1) is 6.42 Å². The Morgan fingerprint density at radius 1 is 1.10 bits per heavy atom. The molecule has 5 heteroatoms. The Hall–Kier alpha value is -3.11. The average molecular weight is 419 g/mol. The van der Waals surface area contributed by atoms with Crippen molar-refractivity contribution in [2.45, 2.75) is 32.6 Å². The van der Waals surface area contributed by atoms with Crippen LogP contribution in [0.2, 0.25) is 5.02 Å². The van der Waals surface area contributed by atoms with E-state index in [1.807, 2.05) is 42.5 Å². The third kappa shape index (κ3) is 4.55. The standard InChI is InChI=1S/C25H23ClN2O2/c1-3-16(2)18-9-12-23-22(15-18)28-25(30-23)19-5-4-6-21(14-19)27-24(29)13-17-7-10-20(26)11-8-17/h4-12,14-16H,3,13H2,1-2H3,(H,27,29)/t16-/m0/s1. The van der Waals surface area contributed by atoms with E-state index in [1.165, 1.54) is 5.56 Å². The molecule has 152 valence electrons. The summed E-state index contributed by atoms with van der Waals surface area (Å²) in [5.41, 5.74) is 5.29. The van der Waals surface area contributed by atoms with Crippen LogP contribution in [0.4, 0.5) is 5.69 Å². The molecule has 1 atom stereocenters. The van der Waals surface area contributed by atoms with E-state index in [2.05, 4.69) is 36.3 Å². The predicted molar refractivity (Wildman–Crippen MR) is 122 cm³/mol. The lowest BCUT2D eigenvalue weighted by atomic mass is 9.98. The van der Waals surface area contributed by atoms with Crippen LogP contribution in [0, 0.1) is 0 Å². The van der Waals surface area contributed by atoms with E-state index in [1.54, 1.807) is 12.1 Å². The maximum absolute atomic E-state index is 12.4. The number of nitrogens with one attached hydrogen (secondary N) is 1. The Bertz CT molecular complexity index is 1180. The van der Waals surface area contributed by atoms with Gasteiger partial charge in [0.15, 0.2) is 5.58 Å². The lowest BCUT2D eigenvalue weighted by Gasteiger charge is -2.07. The van der Waals surface area contributed by atoms with E-state index in [4.69, 9.17) is 16.0 Å². The first kappa shape index (κ1) is 20.2. The average Bonchev–Trinajstić information content (AvgIpc) is 3.18. The van der Waals surface area contributed by atoms with Crippen molar-refractivity contribution >= 4 is 34.3 Å². The van der Waals surface area contributed by atoms with Gasteiger partial charge >= 0.3 is 0 Å². The number of anilines is 1. The highest BCUT2D eigenvalue weighted by Crippen LogP contribution is 2.29. The summed E-state index contributed by atoms with van der Waals surface area (Å²) in [6.45, 7) is 4.38. The number of halogens is 1. The molecule has 3 aromatic carbocycles. The lowest BCUT2D eigenvalue weighted by Crippen LogP contribution is -2.14. The zero-order valence-corrected chi connectivity index (χ0v) is 17.7. The quantitative estimate of drug-likeness (QED) is 0.372. The molecule has 0 saturated heterocycles. The first-order chi connectivity index (χ1) is 14.5. The maximum Gasteiger partial charge on any atom is 0.228 e. The van der Waals surface area contributed by atoms with Crippen LogP contribution in [0.3, 0.4) is 0 Å². The molecule has 0 aliphatic heterocycles. The molecule has 4 rings (SSSR count). The van der Waals surface area contributed by atoms with Gasteiger partial charge in [-0.25, -0.2) is 4.98 Å². The van der Waals surface area contributed by atoms with Crippen molar-refractivity contribution in [1.82, 2.24) is 4.98 Å². The number of carbonyl (C=O) groups excluding carboxylic acids is 1. The molecule has 1 aromatic heterocycles. The third-order valence-corrected chi connectivity index (χ3v) is 5.52. The summed E-state index contributed by atoms with van der Waals surface area (Å²) in [4.78, 5) is 17.1. The molecule has 30 heavy (non-hydrogen) atoms. The highest BCUT2D eigenvalue weighted by molar-refractivity contribution is 6.30. The monoisotopic (exact) mass is 418 g/mol. The summed E-state index contributed by atoms with van der Waals surface area (Å²) >= 11 is 5.90. The van der Waals surface area contributed by atoms with Crippen LogP contribution in [-0.4, -0.2) is 10.9 Å². The number of hydrogen-bond acceptors (Lipinski definition) is 3. The fourth-order valence-electron chi connectivity index (χ4n) is 3.33. The summed E-state index contributed by atoms with van der Waals surface area (Å²) in [5.74, 6) is 0.930. The molecule has 0 bridgehead atoms. The van der Waals surface area contributed by atoms with Gasteiger partial charge in [0, 0.05) is 16.3 Å². The highest BCUT2D eigenvalue weighted by Gasteiger charge is 2.12. The molecule has 0 aliphatic carbocycles. The first-order valence-corrected chi connectivity index (χ1v) is 10.4. The van der Waals surface area contributed by atoms with E-state index in [0.717, 1.165) is 28.6 Å². The number of fused-ring (bicyclic) bond motifs is 1. The molecule has 0 aliphatic rings. The van der Waals surface area contributed by atoms with Crippen molar-refractivity contribution in [3.8, 4) is 11.5 Å². The fourth-order valence-corrected chi connectivity index (χ4v) is 3.46. The van der Waals surface area contributed by atoms with Crippen LogP contribution in [0.1, 0.15) is 37.3 Å². The largest absolute Gasteiger partial charge is 0.436 e. The summed E-state index contributed by atoms with van der Waals surface area (Å²) in [6.07, 6.45) is 1.36. The highest BCUT2D eigenvalue weighted by atomic mass is 35.5. The Labute approximate surface area is 180 Å². The fraction of sp³-hybridized carbons (Fsp3) is 0.200. The molecule has 0 radical (unpaired) electrons. The molecule has 4 nitrogen and oxygen atoms in total. The van der Waals surface area contributed by atoms with Crippen molar-refractivity contribution in [2.24, 2.45) is 0 Å². The van der Waals surface area contributed by atoms with Gasteiger partial charge in [-0.05, 0) is 65.9 Å². The lowest BCUT2D eigenvalue weighted by molar-refractivity contribution is -0.115. The molecule has 0 spiro atoms. The second kappa shape index (κ2) is 8.72. The summed E-state index contributed by atoms with van der Waals surface area (Å²) in [6, 6.07) is 21.0. The molecule has 1 amide bonds. The van der Waals surface area contributed by atoms with E-state index in [0.29, 0.717) is 22.5 Å². The minimum Gasteiger partial charge on any atom is -0.436 e. The minimum atomic E-state index is -0.0924. The predicted octanol–water partition coefficient (Wildman–Crippen LogP) is 6.84. The Morgan fingerprint density at radius 3 is 2.67 bits per heavy atom. The van der Waals surface area contributed by atoms with Gasteiger partial charge in [-0.1, -0.05) is 49.7 Å². The van der Waals surface area contributed by atoms with Crippen molar-refractivity contribution in [2.75, 3.05) is 5.32 Å². The van der Waals surface area contributed by atoms with E-state index in [-0.39, 0.29) is 12.3 Å². The molecule has 0 unspecified atom stereocenters. The van der Waals surface area contributed by atoms with Crippen molar-refractivity contribution in [3.63, 3.8) is 0 Å². The van der Waals surface area contributed by atoms with E-state index < -0.39 is 0 Å². The van der Waals surface area contributed by atoms with Gasteiger partial charge in [-0.3, -0.25) is 4.79 Å². The molecule has 1 N–H and O–H groups in total. The number of carbonyl (C=O) groups is 1. The van der Waals surface area contributed by atoms with Gasteiger partial charge in [0.25, 0.3) is 0 Å². The van der Waals surface area contributed by atoms with Crippen LogP contribution in [0.25, 0.3) is 22.6 Å². The van der Waals surface area contributed by atoms with Crippen LogP contribution in [0.5, 0.6) is 0 Å². The van der Waals surface area contributed by atoms with Crippen LogP contribution < -0.4 is 5.32 Å². The minimum absolute atomic E-state index is 0.0924. The summed E-state index contributed by atoms with van der Waals surface area (Å²) < 4.78 is 5.95. The number of rotatable bonds is 6. The summed E-state index contributed by atoms with van der Waals surface area (Å²) in [7, 11) is 0. The number of oxazole rings is 1. The Kier molecular flexibility index (Phi) is 5.86. The Balaban J connectivity index is 1.52. The van der Waals surface area contributed by atoms with Gasteiger partial charge in [-0.2, -0.15) is 0 Å². The Morgan fingerprint density at radius 2 is 1.90 bits per heavy atom. The zero-order valence-electron chi connectivity index (χ0n) is 17.0. The molecular weight excluding hydrogens is 396 g/mol. The zero-order chi connectivity index (χ0) is 21.1. The van der Waals surface area contributed by atoms with Crippen LogP contribution in [0.15, 0.2) is 71.1 Å². The smallest absolute Gasteiger partial charge is 0.228 e. The van der Waals surface area contributed by atoms with Crippen molar-refractivity contribution in [1.29, 1.82) is 0 Å². The van der Waals surface area contributed by atoms with Gasteiger partial charge in [0.1, 0.15) is 5.52 Å². The van der Waals surface area contributed by atoms with Gasteiger partial charge in [0.2, 0.25) is 11.8 Å². The third-order valence-electron chi connectivity index (χ3n) is 5.26. The summed E-state index contributed by atoms with van der Waals surface area (Å²) in [5, 5.41) is 3.59. The normalized spacial score (nSPS) is 12.1. The van der Waals surface area contributed by atoms with Crippen molar-refractivity contribution in [3.05, 3.63) is 82.9 Å². The molecule has 0 fully saturated rings. The second-order valence-electron chi connectivity index (χ2n) is 7.49. The van der Waals surface area contributed by atoms with E-state index >= 15 is 0 Å². The van der Waals surface area contributed by atoms with Crippen LogP contribution in [-0.2, 0) is 11.2 Å². The van der Waals surface area contributed by atoms with E-state index in [9.17, 15) is 4.79 Å². The number of amides is 1. The number of benzene rings is 3. The molecule has 4 aromatic rings. The maximum atomic E-state index is 12.4. The number of nitrogens with zero attached hydrogens (tertiary/aromatic N) is 1. The van der Waals surface area contributed by atoms with Crippen LogP contribution >= 0.6 is 11.6 Å². The van der Waals surface area contributed by atoms with Gasteiger partial charge < -0.3 is 9.73 Å². The molecule has 0 saturated carbocycles. The number of aromatic nitrogens is 1.